The number of nitrogens with zero attached hydrogens (tertiary/aromatic N) is 2. The summed E-state index contributed by atoms with van der Waals surface area (Å²) in [7, 11) is -3.45. The Morgan fingerprint density at radius 1 is 1.14 bits per heavy atom. The molecule has 7 heteroatoms. The Balaban J connectivity index is 1.71. The van der Waals surface area contributed by atoms with E-state index in [1.54, 1.807) is 30.0 Å². The minimum Gasteiger partial charge on any atom is -0.448 e. The van der Waals surface area contributed by atoms with Gasteiger partial charge in [0, 0.05) is 19.1 Å². The zero-order valence-corrected chi connectivity index (χ0v) is 13.4. The molecule has 0 aliphatic carbocycles. The molecule has 3 rings (SSSR count). The molecule has 0 bridgehead atoms. The fourth-order valence-corrected chi connectivity index (χ4v) is 4.81. The van der Waals surface area contributed by atoms with Crippen LogP contribution >= 0.6 is 0 Å². The molecule has 0 unspecified atom stereocenters. The average Bonchev–Trinajstić information content (AvgIpc) is 2.94. The molecule has 120 valence electrons. The minimum absolute atomic E-state index is 0.0818. The van der Waals surface area contributed by atoms with Crippen molar-refractivity contribution in [3.05, 3.63) is 29.8 Å². The van der Waals surface area contributed by atoms with Crippen LogP contribution in [0, 0.1) is 6.92 Å². The van der Waals surface area contributed by atoms with Crippen LogP contribution in [0.3, 0.4) is 0 Å². The van der Waals surface area contributed by atoms with Crippen LogP contribution in [0.25, 0.3) is 0 Å². The third kappa shape index (κ3) is 2.70. The topological polar surface area (TPSA) is 66.9 Å². The zero-order valence-electron chi connectivity index (χ0n) is 12.6. The molecule has 2 fully saturated rings. The number of carbonyl (C=O) groups is 1. The molecule has 1 amide bonds. The molecule has 2 aliphatic heterocycles. The molecule has 2 saturated heterocycles. The van der Waals surface area contributed by atoms with Crippen LogP contribution in [0.4, 0.5) is 4.79 Å². The maximum absolute atomic E-state index is 12.7. The Hall–Kier alpha value is -1.60. The second kappa shape index (κ2) is 5.89. The van der Waals surface area contributed by atoms with E-state index in [4.69, 9.17) is 4.74 Å². The molecular formula is C15H20N2O4S. The van der Waals surface area contributed by atoms with Crippen LogP contribution in [0.1, 0.15) is 18.4 Å². The molecule has 0 saturated carbocycles. The fraction of sp³-hybridized carbons (Fsp3) is 0.533. The van der Waals surface area contributed by atoms with Crippen LogP contribution in [0.15, 0.2) is 29.2 Å². The Bertz CT molecular complexity index is 666. The largest absolute Gasteiger partial charge is 0.448 e. The number of carbonyl (C=O) groups excluding carboxylic acids is 1. The molecule has 0 atom stereocenters. The quantitative estimate of drug-likeness (QED) is 0.847. The number of sulfonamides is 1. The number of rotatable bonds is 3. The number of ether oxygens (including phenoxy) is 1. The van der Waals surface area contributed by atoms with Gasteiger partial charge in [-0.2, -0.15) is 4.31 Å². The molecule has 0 radical (unpaired) electrons. The molecule has 2 heterocycles. The zero-order chi connectivity index (χ0) is 15.7. The van der Waals surface area contributed by atoms with Gasteiger partial charge in [-0.05, 0) is 31.4 Å². The Morgan fingerprint density at radius 3 is 2.41 bits per heavy atom. The van der Waals surface area contributed by atoms with Crippen molar-refractivity contribution in [3.63, 3.8) is 0 Å². The first kappa shape index (κ1) is 15.3. The first-order valence-corrected chi connectivity index (χ1v) is 8.93. The van der Waals surface area contributed by atoms with E-state index in [9.17, 15) is 13.2 Å². The fourth-order valence-electron chi connectivity index (χ4n) is 3.12. The summed E-state index contributed by atoms with van der Waals surface area (Å²) >= 11 is 0. The monoisotopic (exact) mass is 324 g/mol. The maximum atomic E-state index is 12.7. The first-order chi connectivity index (χ1) is 10.5. The van der Waals surface area contributed by atoms with E-state index in [1.807, 2.05) is 6.07 Å². The highest BCUT2D eigenvalue weighted by Crippen LogP contribution is 2.26. The normalized spacial score (nSPS) is 21.1. The smallest absolute Gasteiger partial charge is 0.410 e. The van der Waals surface area contributed by atoms with E-state index in [2.05, 4.69) is 0 Å². The summed E-state index contributed by atoms with van der Waals surface area (Å²) in [6.07, 6.45) is 1.03. The summed E-state index contributed by atoms with van der Waals surface area (Å²) in [5, 5.41) is 0. The number of piperidine rings is 1. The molecule has 1 aromatic carbocycles. The highest BCUT2D eigenvalue weighted by molar-refractivity contribution is 7.89. The van der Waals surface area contributed by atoms with Crippen molar-refractivity contribution in [1.82, 2.24) is 9.21 Å². The molecule has 6 nitrogen and oxygen atoms in total. The highest BCUT2D eigenvalue weighted by atomic mass is 32.2. The van der Waals surface area contributed by atoms with Gasteiger partial charge in [0.1, 0.15) is 6.61 Å². The number of aryl methyl sites for hydroxylation is 1. The van der Waals surface area contributed by atoms with Crippen LogP contribution in [0.5, 0.6) is 0 Å². The van der Waals surface area contributed by atoms with Crippen LogP contribution in [-0.4, -0.2) is 56.0 Å². The van der Waals surface area contributed by atoms with Crippen molar-refractivity contribution in [1.29, 1.82) is 0 Å². The van der Waals surface area contributed by atoms with E-state index < -0.39 is 10.0 Å². The van der Waals surface area contributed by atoms with E-state index in [0.29, 0.717) is 44.0 Å². The van der Waals surface area contributed by atoms with E-state index >= 15 is 0 Å². The number of hydrogen-bond acceptors (Lipinski definition) is 4. The van der Waals surface area contributed by atoms with E-state index in [1.165, 1.54) is 4.31 Å². The predicted octanol–water partition coefficient (Wildman–Crippen LogP) is 1.60. The molecular weight excluding hydrogens is 304 g/mol. The molecule has 2 aliphatic rings. The summed E-state index contributed by atoms with van der Waals surface area (Å²) < 4.78 is 31.9. The van der Waals surface area contributed by atoms with Gasteiger partial charge in [0.25, 0.3) is 0 Å². The minimum atomic E-state index is -3.45. The standard InChI is InChI=1S/C15H20N2O4S/c1-12-4-2-3-5-14(12)22(19,20)16-8-6-13(7-9-16)17-10-11-21-15(17)18/h2-5,13H,6-11H2,1H3. The number of hydrogen-bond donors (Lipinski definition) is 0. The van der Waals surface area contributed by atoms with Gasteiger partial charge in [-0.3, -0.25) is 0 Å². The Morgan fingerprint density at radius 2 is 1.82 bits per heavy atom. The summed E-state index contributed by atoms with van der Waals surface area (Å²) in [6, 6.07) is 7.11. The summed E-state index contributed by atoms with van der Waals surface area (Å²) in [6.45, 7) is 3.71. The number of cyclic esters (lactones) is 1. The lowest BCUT2D eigenvalue weighted by Gasteiger charge is -2.35. The Labute approximate surface area is 130 Å². The van der Waals surface area contributed by atoms with Gasteiger partial charge >= 0.3 is 6.09 Å². The molecule has 0 spiro atoms. The average molecular weight is 324 g/mol. The summed E-state index contributed by atoms with van der Waals surface area (Å²) in [5.74, 6) is 0. The number of amides is 1. The lowest BCUT2D eigenvalue weighted by molar-refractivity contribution is 0.134. The maximum Gasteiger partial charge on any atom is 0.410 e. The van der Waals surface area contributed by atoms with Crippen LogP contribution < -0.4 is 0 Å². The van der Waals surface area contributed by atoms with Crippen molar-refractivity contribution in [2.45, 2.75) is 30.7 Å². The number of benzene rings is 1. The van der Waals surface area contributed by atoms with E-state index in [-0.39, 0.29) is 12.1 Å². The molecule has 1 aromatic rings. The van der Waals surface area contributed by atoms with Gasteiger partial charge < -0.3 is 9.64 Å². The van der Waals surface area contributed by atoms with Gasteiger partial charge in [-0.15, -0.1) is 0 Å². The van der Waals surface area contributed by atoms with Crippen molar-refractivity contribution in [3.8, 4) is 0 Å². The second-order valence-corrected chi connectivity index (χ2v) is 7.61. The summed E-state index contributed by atoms with van der Waals surface area (Å²) in [4.78, 5) is 13.7. The van der Waals surface area contributed by atoms with Crippen molar-refractivity contribution in [2.75, 3.05) is 26.2 Å². The van der Waals surface area contributed by atoms with Gasteiger partial charge in [-0.1, -0.05) is 18.2 Å². The molecule has 22 heavy (non-hydrogen) atoms. The molecule has 0 aromatic heterocycles. The van der Waals surface area contributed by atoms with Crippen molar-refractivity contribution in [2.24, 2.45) is 0 Å². The van der Waals surface area contributed by atoms with Crippen molar-refractivity contribution < 1.29 is 17.9 Å². The van der Waals surface area contributed by atoms with Gasteiger partial charge in [0.15, 0.2) is 0 Å². The van der Waals surface area contributed by atoms with Gasteiger partial charge in [0.05, 0.1) is 11.4 Å². The third-order valence-corrected chi connectivity index (χ3v) is 6.43. The molecule has 0 N–H and O–H groups in total. The third-order valence-electron chi connectivity index (χ3n) is 4.37. The predicted molar refractivity (Wildman–Crippen MR) is 81.0 cm³/mol. The van der Waals surface area contributed by atoms with E-state index in [0.717, 1.165) is 5.56 Å². The summed E-state index contributed by atoms with van der Waals surface area (Å²) in [5.41, 5.74) is 0.757. The lowest BCUT2D eigenvalue weighted by atomic mass is 10.1. The SMILES string of the molecule is Cc1ccccc1S(=O)(=O)N1CCC(N2CCOC2=O)CC1. The van der Waals surface area contributed by atoms with Gasteiger partial charge in [-0.25, -0.2) is 13.2 Å². The Kier molecular flexibility index (Phi) is 4.10. The highest BCUT2D eigenvalue weighted by Gasteiger charge is 2.35. The first-order valence-electron chi connectivity index (χ1n) is 7.49. The lowest BCUT2D eigenvalue weighted by Crippen LogP contribution is -2.47. The van der Waals surface area contributed by atoms with Crippen molar-refractivity contribution >= 4 is 16.1 Å². The van der Waals surface area contributed by atoms with Gasteiger partial charge in [0.2, 0.25) is 10.0 Å². The van der Waals surface area contributed by atoms with Crippen LogP contribution in [-0.2, 0) is 14.8 Å². The second-order valence-electron chi connectivity index (χ2n) is 5.71. The van der Waals surface area contributed by atoms with Crippen LogP contribution in [0.2, 0.25) is 0 Å².